The van der Waals surface area contributed by atoms with E-state index in [-0.39, 0.29) is 31.1 Å². The van der Waals surface area contributed by atoms with Crippen molar-refractivity contribution in [3.05, 3.63) is 122 Å². The first-order chi connectivity index (χ1) is 34.0. The van der Waals surface area contributed by atoms with E-state index in [1.165, 1.54) is 103 Å². The van der Waals surface area contributed by atoms with E-state index >= 15 is 0 Å². The Hall–Kier alpha value is -4.19. The molecule has 0 bridgehead atoms. The van der Waals surface area contributed by atoms with Crippen LogP contribution >= 0.6 is 0 Å². The molecule has 0 aromatic rings. The number of esters is 3. The maximum Gasteiger partial charge on any atom is 0.306 e. The first-order valence-electron chi connectivity index (χ1n) is 28.2. The van der Waals surface area contributed by atoms with E-state index in [0.29, 0.717) is 19.3 Å². The SMILES string of the molecule is CC\C=C/C=C\C=C/C=C\C=C\C=C/C=C\CCCCCC(=O)OCC(COC(=O)CCCCCCCCCCCCCCCC)OC(=O)CCCCCCC\C=C/C=C\C=C/CCCCCCC. The fourth-order valence-corrected chi connectivity index (χ4v) is 7.49. The molecule has 0 aromatic carbocycles. The highest BCUT2D eigenvalue weighted by atomic mass is 16.6. The minimum Gasteiger partial charge on any atom is -0.462 e. The largest absolute Gasteiger partial charge is 0.462 e. The Morgan fingerprint density at radius 2 is 0.565 bits per heavy atom. The van der Waals surface area contributed by atoms with Gasteiger partial charge in [0.05, 0.1) is 0 Å². The van der Waals surface area contributed by atoms with Crippen molar-refractivity contribution in [2.75, 3.05) is 13.2 Å². The molecule has 0 aromatic heterocycles. The molecule has 1 unspecified atom stereocenters. The first kappa shape index (κ1) is 64.8. The van der Waals surface area contributed by atoms with Crippen LogP contribution in [0.15, 0.2) is 122 Å². The smallest absolute Gasteiger partial charge is 0.306 e. The van der Waals surface area contributed by atoms with Crippen molar-refractivity contribution in [2.24, 2.45) is 0 Å². The summed E-state index contributed by atoms with van der Waals surface area (Å²) >= 11 is 0. The summed E-state index contributed by atoms with van der Waals surface area (Å²) in [5.74, 6) is -0.970. The molecule has 0 aliphatic heterocycles. The molecule has 0 radical (unpaired) electrons. The summed E-state index contributed by atoms with van der Waals surface area (Å²) in [6.45, 7) is 6.42. The molecular weight excluding hydrogens is 853 g/mol. The second kappa shape index (κ2) is 56.4. The summed E-state index contributed by atoms with van der Waals surface area (Å²) in [5, 5.41) is 0. The predicted molar refractivity (Wildman–Crippen MR) is 297 cm³/mol. The number of carbonyl (C=O) groups is 3. The molecule has 0 aliphatic rings. The quantitative estimate of drug-likeness (QED) is 0.0262. The zero-order chi connectivity index (χ0) is 50.0. The second-order valence-corrected chi connectivity index (χ2v) is 18.4. The van der Waals surface area contributed by atoms with E-state index < -0.39 is 6.10 Å². The average Bonchev–Trinajstić information content (AvgIpc) is 3.35. The zero-order valence-corrected chi connectivity index (χ0v) is 44.5. The highest BCUT2D eigenvalue weighted by molar-refractivity contribution is 5.71. The van der Waals surface area contributed by atoms with Crippen LogP contribution in [0.5, 0.6) is 0 Å². The Labute approximate surface area is 424 Å². The minimum atomic E-state index is -0.810. The summed E-state index contributed by atoms with van der Waals surface area (Å²) in [6, 6.07) is 0. The lowest BCUT2D eigenvalue weighted by Gasteiger charge is -2.18. The van der Waals surface area contributed by atoms with Gasteiger partial charge in [-0.2, -0.15) is 0 Å². The van der Waals surface area contributed by atoms with Gasteiger partial charge >= 0.3 is 17.9 Å². The third-order valence-corrected chi connectivity index (χ3v) is 11.7. The lowest BCUT2D eigenvalue weighted by atomic mass is 10.0. The Bertz CT molecular complexity index is 1470. The number of hydrogen-bond donors (Lipinski definition) is 0. The van der Waals surface area contributed by atoms with Crippen LogP contribution in [-0.2, 0) is 28.6 Å². The highest BCUT2D eigenvalue weighted by Gasteiger charge is 2.19. The van der Waals surface area contributed by atoms with E-state index in [1.54, 1.807) is 0 Å². The molecule has 390 valence electrons. The van der Waals surface area contributed by atoms with Crippen molar-refractivity contribution < 1.29 is 28.6 Å². The third-order valence-electron chi connectivity index (χ3n) is 11.7. The Balaban J connectivity index is 4.55. The van der Waals surface area contributed by atoms with Crippen molar-refractivity contribution in [2.45, 2.75) is 245 Å². The third kappa shape index (κ3) is 54.6. The van der Waals surface area contributed by atoms with Crippen LogP contribution < -0.4 is 0 Å². The molecule has 0 N–H and O–H groups in total. The molecule has 6 nitrogen and oxygen atoms in total. The number of allylic oxidation sites excluding steroid dienone is 20. The van der Waals surface area contributed by atoms with Gasteiger partial charge in [-0.1, -0.05) is 277 Å². The van der Waals surface area contributed by atoms with E-state index in [2.05, 4.69) is 69.4 Å². The maximum atomic E-state index is 12.8. The standard InChI is InChI=1S/C63H102O6/c1-4-7-10-13-16-19-22-25-28-30-32-34-35-38-41-44-47-50-53-56-62(65)68-59-60(58-67-61(64)55-52-49-46-43-40-37-27-24-21-18-15-12-9-6-3)69-63(66)57-54-51-48-45-42-39-36-33-31-29-26-23-20-17-14-11-8-5-2/h7,10,13,16,19,22-23,25-26,28-36,38,41,60H,4-6,8-9,11-12,14-15,17-18,20-21,24,27,37,39-40,42-59H2,1-3H3/b10-7-,16-13-,22-19-,26-23-,28-25-,31-29-,32-30+,35-34-,36-33-,41-38-. The summed E-state index contributed by atoms with van der Waals surface area (Å²) in [6.07, 6.45) is 77.4. The number of carbonyl (C=O) groups excluding carboxylic acids is 3. The van der Waals surface area contributed by atoms with E-state index in [1.807, 2.05) is 72.9 Å². The highest BCUT2D eigenvalue weighted by Crippen LogP contribution is 2.15. The molecule has 0 saturated carbocycles. The van der Waals surface area contributed by atoms with Gasteiger partial charge in [0.2, 0.25) is 0 Å². The number of unbranched alkanes of at least 4 members (excludes halogenated alkanes) is 26. The molecule has 0 heterocycles. The topological polar surface area (TPSA) is 78.9 Å². The molecule has 6 heteroatoms. The number of ether oxygens (including phenoxy) is 3. The maximum absolute atomic E-state index is 12.8. The zero-order valence-electron chi connectivity index (χ0n) is 44.5. The van der Waals surface area contributed by atoms with Crippen molar-refractivity contribution in [3.63, 3.8) is 0 Å². The van der Waals surface area contributed by atoms with Crippen LogP contribution in [0.2, 0.25) is 0 Å². The van der Waals surface area contributed by atoms with Gasteiger partial charge in [0.15, 0.2) is 6.10 Å². The van der Waals surface area contributed by atoms with E-state index in [4.69, 9.17) is 14.2 Å². The van der Waals surface area contributed by atoms with E-state index in [9.17, 15) is 14.4 Å². The molecule has 0 rings (SSSR count). The molecule has 0 saturated heterocycles. The van der Waals surface area contributed by atoms with Gasteiger partial charge in [0.1, 0.15) is 13.2 Å². The predicted octanol–water partition coefficient (Wildman–Crippen LogP) is 18.9. The molecule has 0 fully saturated rings. The second-order valence-electron chi connectivity index (χ2n) is 18.4. The van der Waals surface area contributed by atoms with E-state index in [0.717, 1.165) is 96.3 Å². The van der Waals surface area contributed by atoms with Crippen molar-refractivity contribution in [1.82, 2.24) is 0 Å². The van der Waals surface area contributed by atoms with Crippen molar-refractivity contribution in [3.8, 4) is 0 Å². The molecule has 1 atom stereocenters. The summed E-state index contributed by atoms with van der Waals surface area (Å²) in [5.41, 5.74) is 0. The van der Waals surface area contributed by atoms with Crippen LogP contribution in [0.1, 0.15) is 239 Å². The van der Waals surface area contributed by atoms with Gasteiger partial charge in [-0.05, 0) is 64.2 Å². The van der Waals surface area contributed by atoms with Crippen LogP contribution in [0, 0.1) is 0 Å². The van der Waals surface area contributed by atoms with Gasteiger partial charge in [0.25, 0.3) is 0 Å². The Morgan fingerprint density at radius 1 is 0.304 bits per heavy atom. The van der Waals surface area contributed by atoms with Crippen LogP contribution in [0.25, 0.3) is 0 Å². The Morgan fingerprint density at radius 3 is 0.899 bits per heavy atom. The van der Waals surface area contributed by atoms with Crippen molar-refractivity contribution in [1.29, 1.82) is 0 Å². The normalized spacial score (nSPS) is 13.0. The van der Waals surface area contributed by atoms with Crippen molar-refractivity contribution >= 4 is 17.9 Å². The summed E-state index contributed by atoms with van der Waals surface area (Å²) < 4.78 is 16.8. The first-order valence-corrected chi connectivity index (χ1v) is 28.2. The lowest BCUT2D eigenvalue weighted by molar-refractivity contribution is -0.167. The van der Waals surface area contributed by atoms with Gasteiger partial charge in [0, 0.05) is 19.3 Å². The Kier molecular flexibility index (Phi) is 53.0. The monoisotopic (exact) mass is 955 g/mol. The van der Waals surface area contributed by atoms with Crippen LogP contribution in [0.4, 0.5) is 0 Å². The lowest BCUT2D eigenvalue weighted by Crippen LogP contribution is -2.30. The molecular formula is C63H102O6. The number of rotatable bonds is 49. The molecule has 0 aliphatic carbocycles. The van der Waals surface area contributed by atoms with Gasteiger partial charge < -0.3 is 14.2 Å². The molecule has 69 heavy (non-hydrogen) atoms. The minimum absolute atomic E-state index is 0.103. The van der Waals surface area contributed by atoms with Gasteiger partial charge in [-0.25, -0.2) is 0 Å². The summed E-state index contributed by atoms with van der Waals surface area (Å²) in [4.78, 5) is 38.1. The summed E-state index contributed by atoms with van der Waals surface area (Å²) in [7, 11) is 0. The number of hydrogen-bond acceptors (Lipinski definition) is 6. The van der Waals surface area contributed by atoms with Crippen LogP contribution in [0.3, 0.4) is 0 Å². The fourth-order valence-electron chi connectivity index (χ4n) is 7.49. The van der Waals surface area contributed by atoms with Crippen LogP contribution in [-0.4, -0.2) is 37.2 Å². The van der Waals surface area contributed by atoms with Gasteiger partial charge in [-0.15, -0.1) is 0 Å². The van der Waals surface area contributed by atoms with Gasteiger partial charge in [-0.3, -0.25) is 14.4 Å². The fraction of sp³-hybridized carbons (Fsp3) is 0.635. The average molecular weight is 956 g/mol. The molecule has 0 spiro atoms. The molecule has 0 amide bonds.